The third-order valence-corrected chi connectivity index (χ3v) is 2.91. The Balaban J connectivity index is 1.72. The van der Waals surface area contributed by atoms with Crippen molar-refractivity contribution >= 4 is 5.69 Å². The first-order valence-corrected chi connectivity index (χ1v) is 6.07. The van der Waals surface area contributed by atoms with Gasteiger partial charge < -0.3 is 10.1 Å². The molecule has 0 spiro atoms. The van der Waals surface area contributed by atoms with Crippen molar-refractivity contribution in [2.45, 2.75) is 13.0 Å². The molecule has 1 unspecified atom stereocenters. The van der Waals surface area contributed by atoms with E-state index < -0.39 is 0 Å². The molecule has 94 valence electrons. The third kappa shape index (κ3) is 3.98. The van der Waals surface area contributed by atoms with Crippen molar-refractivity contribution in [2.24, 2.45) is 0 Å². The summed E-state index contributed by atoms with van der Waals surface area (Å²) in [4.78, 5) is 2.36. The van der Waals surface area contributed by atoms with E-state index in [1.807, 2.05) is 6.07 Å². The SMILES string of the molecule is CC1CN(CCNc2cccc(F)c2)CCO1. The van der Waals surface area contributed by atoms with E-state index in [9.17, 15) is 4.39 Å². The monoisotopic (exact) mass is 238 g/mol. The van der Waals surface area contributed by atoms with E-state index >= 15 is 0 Å². The second kappa shape index (κ2) is 5.98. The molecule has 2 rings (SSSR count). The minimum Gasteiger partial charge on any atom is -0.384 e. The predicted octanol–water partition coefficient (Wildman–Crippen LogP) is 1.96. The minimum absolute atomic E-state index is 0.199. The Morgan fingerprint density at radius 3 is 3.18 bits per heavy atom. The molecule has 0 amide bonds. The van der Waals surface area contributed by atoms with Crippen LogP contribution in [-0.2, 0) is 4.74 Å². The van der Waals surface area contributed by atoms with Crippen LogP contribution in [0.25, 0.3) is 0 Å². The van der Waals surface area contributed by atoms with Gasteiger partial charge in [0.1, 0.15) is 5.82 Å². The van der Waals surface area contributed by atoms with E-state index in [4.69, 9.17) is 4.74 Å². The van der Waals surface area contributed by atoms with Gasteiger partial charge in [-0.2, -0.15) is 0 Å². The standard InChI is InChI=1S/C13H19FN2O/c1-11-10-16(7-8-17-11)6-5-15-13-4-2-3-12(14)9-13/h2-4,9,11,15H,5-8,10H2,1H3. The quantitative estimate of drug-likeness (QED) is 0.867. The van der Waals surface area contributed by atoms with Crippen LogP contribution in [0.4, 0.5) is 10.1 Å². The highest BCUT2D eigenvalue weighted by molar-refractivity contribution is 5.42. The summed E-state index contributed by atoms with van der Waals surface area (Å²) in [7, 11) is 0. The number of hydrogen-bond acceptors (Lipinski definition) is 3. The number of rotatable bonds is 4. The molecule has 0 bridgehead atoms. The second-order valence-electron chi connectivity index (χ2n) is 4.42. The van der Waals surface area contributed by atoms with Crippen molar-refractivity contribution < 1.29 is 9.13 Å². The van der Waals surface area contributed by atoms with Gasteiger partial charge in [-0.05, 0) is 25.1 Å². The topological polar surface area (TPSA) is 24.5 Å². The normalized spacial score (nSPS) is 21.4. The van der Waals surface area contributed by atoms with E-state index in [0.29, 0.717) is 6.10 Å². The highest BCUT2D eigenvalue weighted by atomic mass is 19.1. The highest BCUT2D eigenvalue weighted by Gasteiger charge is 2.15. The van der Waals surface area contributed by atoms with Gasteiger partial charge in [-0.3, -0.25) is 4.90 Å². The molecule has 1 heterocycles. The molecular weight excluding hydrogens is 219 g/mol. The maximum atomic E-state index is 12.9. The summed E-state index contributed by atoms with van der Waals surface area (Å²) >= 11 is 0. The molecule has 0 saturated carbocycles. The van der Waals surface area contributed by atoms with Gasteiger partial charge in [-0.25, -0.2) is 4.39 Å². The van der Waals surface area contributed by atoms with Crippen LogP contribution in [0, 0.1) is 5.82 Å². The van der Waals surface area contributed by atoms with E-state index in [1.165, 1.54) is 12.1 Å². The number of halogens is 1. The molecule has 1 fully saturated rings. The smallest absolute Gasteiger partial charge is 0.125 e. The van der Waals surface area contributed by atoms with Gasteiger partial charge in [0.15, 0.2) is 0 Å². The van der Waals surface area contributed by atoms with Crippen molar-refractivity contribution in [1.29, 1.82) is 0 Å². The van der Waals surface area contributed by atoms with Crippen molar-refractivity contribution in [3.63, 3.8) is 0 Å². The fraction of sp³-hybridized carbons (Fsp3) is 0.538. The Labute approximate surface area is 102 Å². The molecule has 17 heavy (non-hydrogen) atoms. The molecule has 4 heteroatoms. The van der Waals surface area contributed by atoms with Gasteiger partial charge in [0.2, 0.25) is 0 Å². The van der Waals surface area contributed by atoms with Crippen LogP contribution in [0.1, 0.15) is 6.92 Å². The summed E-state index contributed by atoms with van der Waals surface area (Å²) in [6, 6.07) is 6.57. The van der Waals surface area contributed by atoms with Crippen LogP contribution < -0.4 is 5.32 Å². The number of nitrogens with zero attached hydrogens (tertiary/aromatic N) is 1. The number of hydrogen-bond donors (Lipinski definition) is 1. The number of ether oxygens (including phenoxy) is 1. The summed E-state index contributed by atoms with van der Waals surface area (Å²) in [5.74, 6) is -0.199. The zero-order chi connectivity index (χ0) is 12.1. The molecule has 0 radical (unpaired) electrons. The van der Waals surface area contributed by atoms with E-state index in [2.05, 4.69) is 17.1 Å². The van der Waals surface area contributed by atoms with Gasteiger partial charge in [0.25, 0.3) is 0 Å². The zero-order valence-corrected chi connectivity index (χ0v) is 10.2. The number of benzene rings is 1. The van der Waals surface area contributed by atoms with Crippen molar-refractivity contribution in [3.8, 4) is 0 Å². The van der Waals surface area contributed by atoms with Crippen LogP contribution in [0.2, 0.25) is 0 Å². The van der Waals surface area contributed by atoms with Crippen LogP contribution in [0.15, 0.2) is 24.3 Å². The first-order valence-electron chi connectivity index (χ1n) is 6.07. The molecule has 1 saturated heterocycles. The van der Waals surface area contributed by atoms with Crippen molar-refractivity contribution in [1.82, 2.24) is 4.90 Å². The largest absolute Gasteiger partial charge is 0.384 e. The maximum Gasteiger partial charge on any atom is 0.125 e. The lowest BCUT2D eigenvalue weighted by molar-refractivity contribution is -0.0166. The van der Waals surface area contributed by atoms with Gasteiger partial charge in [-0.15, -0.1) is 0 Å². The van der Waals surface area contributed by atoms with Crippen molar-refractivity contribution in [2.75, 3.05) is 38.1 Å². The third-order valence-electron chi connectivity index (χ3n) is 2.91. The molecule has 1 aromatic rings. The van der Waals surface area contributed by atoms with Crippen LogP contribution in [-0.4, -0.2) is 43.8 Å². The van der Waals surface area contributed by atoms with Crippen LogP contribution in [0.5, 0.6) is 0 Å². The number of anilines is 1. The first-order chi connectivity index (χ1) is 8.24. The van der Waals surface area contributed by atoms with Gasteiger partial charge in [0.05, 0.1) is 12.7 Å². The molecule has 0 aliphatic carbocycles. The lowest BCUT2D eigenvalue weighted by atomic mass is 10.3. The molecule has 1 aromatic carbocycles. The second-order valence-corrected chi connectivity index (χ2v) is 4.42. The minimum atomic E-state index is -0.199. The predicted molar refractivity (Wildman–Crippen MR) is 66.7 cm³/mol. The Kier molecular flexibility index (Phi) is 4.34. The summed E-state index contributed by atoms with van der Waals surface area (Å²) in [5, 5.41) is 3.23. The Bertz CT molecular complexity index is 359. The average Bonchev–Trinajstić information content (AvgIpc) is 2.29. The van der Waals surface area contributed by atoms with Gasteiger partial charge in [-0.1, -0.05) is 6.07 Å². The molecule has 3 nitrogen and oxygen atoms in total. The lowest BCUT2D eigenvalue weighted by Gasteiger charge is -2.31. The summed E-state index contributed by atoms with van der Waals surface area (Å²) in [5.41, 5.74) is 0.839. The van der Waals surface area contributed by atoms with Crippen LogP contribution in [0.3, 0.4) is 0 Å². The zero-order valence-electron chi connectivity index (χ0n) is 10.2. The lowest BCUT2D eigenvalue weighted by Crippen LogP contribution is -2.43. The van der Waals surface area contributed by atoms with Crippen LogP contribution >= 0.6 is 0 Å². The maximum absolute atomic E-state index is 12.9. The Hall–Kier alpha value is -1.13. The van der Waals surface area contributed by atoms with Gasteiger partial charge in [0, 0.05) is 31.9 Å². The number of morpholine rings is 1. The van der Waals surface area contributed by atoms with E-state index in [1.54, 1.807) is 6.07 Å². The molecule has 1 aliphatic rings. The Morgan fingerprint density at radius 1 is 1.53 bits per heavy atom. The molecular formula is C13H19FN2O. The molecule has 1 atom stereocenters. The first kappa shape index (κ1) is 12.3. The molecule has 1 aliphatic heterocycles. The summed E-state index contributed by atoms with van der Waals surface area (Å²) in [6.45, 7) is 6.65. The summed E-state index contributed by atoms with van der Waals surface area (Å²) < 4.78 is 18.4. The average molecular weight is 238 g/mol. The summed E-state index contributed by atoms with van der Waals surface area (Å²) in [6.07, 6.45) is 0.318. The van der Waals surface area contributed by atoms with E-state index in [-0.39, 0.29) is 5.82 Å². The van der Waals surface area contributed by atoms with Gasteiger partial charge >= 0.3 is 0 Å². The Morgan fingerprint density at radius 2 is 2.41 bits per heavy atom. The molecule has 0 aromatic heterocycles. The fourth-order valence-corrected chi connectivity index (χ4v) is 2.05. The fourth-order valence-electron chi connectivity index (χ4n) is 2.05. The van der Waals surface area contributed by atoms with Crippen molar-refractivity contribution in [3.05, 3.63) is 30.1 Å². The highest BCUT2D eigenvalue weighted by Crippen LogP contribution is 2.09. The molecule has 1 N–H and O–H groups in total. The van der Waals surface area contributed by atoms with E-state index in [0.717, 1.165) is 38.5 Å². The number of nitrogens with one attached hydrogen (secondary N) is 1.